The maximum atomic E-state index is 12.4. The van der Waals surface area contributed by atoms with Gasteiger partial charge in [0.2, 0.25) is 0 Å². The molecule has 0 radical (unpaired) electrons. The summed E-state index contributed by atoms with van der Waals surface area (Å²) in [7, 11) is 0. The molecule has 1 fully saturated rings. The Balaban J connectivity index is 1.78. The van der Waals surface area contributed by atoms with Crippen LogP contribution in [0.4, 0.5) is 16.2 Å². The highest BCUT2D eigenvalue weighted by molar-refractivity contribution is 5.86. The standard InChI is InChI=1S/C22H27N3O11/c1-14(2)20(27)34-11-8-16(26)12-35-21(28)15-6-9-23(10-7-15)22(29)36-13-17-18(24(30)31)4-3-5-19(17)25(32)33/h3-5,15-16,26H,1,6-13H2,2H3. The van der Waals surface area contributed by atoms with Crippen LogP contribution < -0.4 is 0 Å². The number of carbonyl (C=O) groups excluding carboxylic acids is 3. The van der Waals surface area contributed by atoms with Gasteiger partial charge in [0.1, 0.15) is 18.8 Å². The lowest BCUT2D eigenvalue weighted by molar-refractivity contribution is -0.396. The summed E-state index contributed by atoms with van der Waals surface area (Å²) in [5.41, 5.74) is -1.16. The Morgan fingerprint density at radius 1 is 1.11 bits per heavy atom. The van der Waals surface area contributed by atoms with E-state index in [2.05, 4.69) is 6.58 Å². The first-order chi connectivity index (χ1) is 17.0. The molecule has 196 valence electrons. The smallest absolute Gasteiger partial charge is 0.410 e. The van der Waals surface area contributed by atoms with Crippen LogP contribution in [0.3, 0.4) is 0 Å². The van der Waals surface area contributed by atoms with Crippen molar-refractivity contribution in [1.29, 1.82) is 0 Å². The number of amides is 1. The molecular weight excluding hydrogens is 482 g/mol. The number of nitro benzene ring substituents is 2. The van der Waals surface area contributed by atoms with Gasteiger partial charge in [-0.05, 0) is 25.8 Å². The zero-order valence-corrected chi connectivity index (χ0v) is 19.6. The highest BCUT2D eigenvalue weighted by Gasteiger charge is 2.31. The minimum atomic E-state index is -1.02. The molecular formula is C22H27N3O11. The fraction of sp³-hybridized carbons (Fsp3) is 0.500. The number of esters is 2. The monoisotopic (exact) mass is 509 g/mol. The maximum Gasteiger partial charge on any atom is 0.410 e. The van der Waals surface area contributed by atoms with Gasteiger partial charge in [0.15, 0.2) is 0 Å². The van der Waals surface area contributed by atoms with Gasteiger partial charge < -0.3 is 24.2 Å². The predicted octanol–water partition coefficient (Wildman–Crippen LogP) is 2.27. The minimum absolute atomic E-state index is 0.0553. The number of rotatable bonds is 11. The van der Waals surface area contributed by atoms with Crippen molar-refractivity contribution in [2.45, 2.75) is 38.9 Å². The second kappa shape index (κ2) is 13.1. The van der Waals surface area contributed by atoms with Crippen LogP contribution in [0.15, 0.2) is 30.4 Å². The Hall–Kier alpha value is -4.07. The highest BCUT2D eigenvalue weighted by Crippen LogP contribution is 2.29. The molecule has 14 nitrogen and oxygen atoms in total. The number of nitro groups is 2. The van der Waals surface area contributed by atoms with E-state index in [4.69, 9.17) is 14.2 Å². The molecule has 14 heteroatoms. The number of piperidine rings is 1. The Morgan fingerprint density at radius 3 is 2.22 bits per heavy atom. The first-order valence-corrected chi connectivity index (χ1v) is 11.0. The summed E-state index contributed by atoms with van der Waals surface area (Å²) >= 11 is 0. The SMILES string of the molecule is C=C(C)C(=O)OCCC(O)COC(=O)C1CCN(C(=O)OCc2c([N+](=O)[O-])cccc2[N+](=O)[O-])CC1. The lowest BCUT2D eigenvalue weighted by Crippen LogP contribution is -2.41. The molecule has 1 heterocycles. The van der Waals surface area contributed by atoms with E-state index in [1.54, 1.807) is 0 Å². The van der Waals surface area contributed by atoms with Crippen LogP contribution >= 0.6 is 0 Å². The summed E-state index contributed by atoms with van der Waals surface area (Å²) in [5.74, 6) is -1.64. The second-order valence-electron chi connectivity index (χ2n) is 8.09. The van der Waals surface area contributed by atoms with Gasteiger partial charge in [0.05, 0.1) is 28.5 Å². The van der Waals surface area contributed by atoms with Crippen LogP contribution in [0.25, 0.3) is 0 Å². The normalized spacial score (nSPS) is 14.4. The Bertz CT molecular complexity index is 986. The lowest BCUT2D eigenvalue weighted by atomic mass is 9.97. The third kappa shape index (κ3) is 8.01. The van der Waals surface area contributed by atoms with Gasteiger partial charge >= 0.3 is 18.0 Å². The topological polar surface area (TPSA) is 189 Å². The van der Waals surface area contributed by atoms with Gasteiger partial charge in [0, 0.05) is 37.2 Å². The Labute approximate surface area is 205 Å². The first kappa shape index (κ1) is 28.2. The maximum absolute atomic E-state index is 12.4. The molecule has 0 aromatic heterocycles. The fourth-order valence-corrected chi connectivity index (χ4v) is 3.37. The molecule has 0 bridgehead atoms. The van der Waals surface area contributed by atoms with E-state index in [0.717, 1.165) is 12.1 Å². The zero-order chi connectivity index (χ0) is 26.8. The molecule has 1 amide bonds. The van der Waals surface area contributed by atoms with Gasteiger partial charge in [-0.3, -0.25) is 25.0 Å². The average molecular weight is 509 g/mol. The van der Waals surface area contributed by atoms with Crippen LogP contribution in [-0.2, 0) is 30.4 Å². The molecule has 36 heavy (non-hydrogen) atoms. The molecule has 0 aliphatic carbocycles. The summed E-state index contributed by atoms with van der Waals surface area (Å²) in [6, 6.07) is 3.33. The van der Waals surface area contributed by atoms with Crippen LogP contribution in [0, 0.1) is 26.1 Å². The highest BCUT2D eigenvalue weighted by atomic mass is 16.6. The van der Waals surface area contributed by atoms with Crippen molar-refractivity contribution >= 4 is 29.4 Å². The number of carbonyl (C=O) groups is 3. The van der Waals surface area contributed by atoms with Gasteiger partial charge in [-0.25, -0.2) is 9.59 Å². The van der Waals surface area contributed by atoms with Crippen LogP contribution in [0.5, 0.6) is 0 Å². The molecule has 1 unspecified atom stereocenters. The third-order valence-electron chi connectivity index (χ3n) is 5.40. The molecule has 0 spiro atoms. The van der Waals surface area contributed by atoms with Crippen LogP contribution in [0.1, 0.15) is 31.7 Å². The number of aliphatic hydroxyl groups excluding tert-OH is 1. The van der Waals surface area contributed by atoms with E-state index in [1.807, 2.05) is 0 Å². The quantitative estimate of drug-likeness (QED) is 0.151. The molecule has 1 aromatic carbocycles. The van der Waals surface area contributed by atoms with Gasteiger partial charge in [-0.1, -0.05) is 6.58 Å². The summed E-state index contributed by atoms with van der Waals surface area (Å²) in [6.07, 6.45) is -1.26. The number of ether oxygens (including phenoxy) is 3. The number of nitrogens with zero attached hydrogens (tertiary/aromatic N) is 3. The molecule has 1 aliphatic heterocycles. The van der Waals surface area contributed by atoms with Gasteiger partial charge in [-0.15, -0.1) is 0 Å². The van der Waals surface area contributed by atoms with Crippen molar-refractivity contribution in [2.24, 2.45) is 5.92 Å². The summed E-state index contributed by atoms with van der Waals surface area (Å²) in [5, 5.41) is 32.3. The van der Waals surface area contributed by atoms with E-state index >= 15 is 0 Å². The Kier molecular flexibility index (Phi) is 10.3. The zero-order valence-electron chi connectivity index (χ0n) is 19.6. The van der Waals surface area contributed by atoms with E-state index in [0.29, 0.717) is 0 Å². The summed E-state index contributed by atoms with van der Waals surface area (Å²) in [6.45, 7) is 4.21. The van der Waals surface area contributed by atoms with E-state index < -0.39 is 57.9 Å². The van der Waals surface area contributed by atoms with E-state index in [-0.39, 0.29) is 56.7 Å². The fourth-order valence-electron chi connectivity index (χ4n) is 3.37. The van der Waals surface area contributed by atoms with Gasteiger partial charge in [0.25, 0.3) is 11.4 Å². The predicted molar refractivity (Wildman–Crippen MR) is 122 cm³/mol. The molecule has 1 saturated heterocycles. The number of aliphatic hydroxyl groups is 1. The number of likely N-dealkylation sites (tertiary alicyclic amines) is 1. The number of hydrogen-bond acceptors (Lipinski definition) is 11. The second-order valence-corrected chi connectivity index (χ2v) is 8.09. The van der Waals surface area contributed by atoms with Crippen LogP contribution in [-0.4, -0.2) is 70.3 Å². The molecule has 2 rings (SSSR count). The van der Waals surface area contributed by atoms with Crippen molar-refractivity contribution < 1.29 is 43.5 Å². The van der Waals surface area contributed by atoms with Crippen molar-refractivity contribution in [2.75, 3.05) is 26.3 Å². The van der Waals surface area contributed by atoms with Gasteiger partial charge in [-0.2, -0.15) is 0 Å². The summed E-state index contributed by atoms with van der Waals surface area (Å²) in [4.78, 5) is 58.0. The van der Waals surface area contributed by atoms with Crippen molar-refractivity contribution in [1.82, 2.24) is 4.90 Å². The average Bonchev–Trinajstić information content (AvgIpc) is 2.85. The number of benzene rings is 1. The number of hydrogen-bond donors (Lipinski definition) is 1. The van der Waals surface area contributed by atoms with Crippen molar-refractivity contribution in [3.05, 3.63) is 56.1 Å². The molecule has 1 aliphatic rings. The molecule has 1 N–H and O–H groups in total. The van der Waals surface area contributed by atoms with Crippen molar-refractivity contribution in [3.8, 4) is 0 Å². The molecule has 1 aromatic rings. The lowest BCUT2D eigenvalue weighted by Gasteiger charge is -2.30. The largest absolute Gasteiger partial charge is 0.463 e. The van der Waals surface area contributed by atoms with E-state index in [9.17, 15) is 39.7 Å². The van der Waals surface area contributed by atoms with Crippen molar-refractivity contribution in [3.63, 3.8) is 0 Å². The molecule has 1 atom stereocenters. The van der Waals surface area contributed by atoms with Crippen LogP contribution in [0.2, 0.25) is 0 Å². The summed E-state index contributed by atoms with van der Waals surface area (Å²) < 4.78 is 15.1. The van der Waals surface area contributed by atoms with E-state index in [1.165, 1.54) is 17.9 Å². The minimum Gasteiger partial charge on any atom is -0.463 e. The molecule has 0 saturated carbocycles. The first-order valence-electron chi connectivity index (χ1n) is 11.0. The Morgan fingerprint density at radius 2 is 1.69 bits per heavy atom. The third-order valence-corrected chi connectivity index (χ3v) is 5.40.